The molecule has 0 saturated carbocycles. The summed E-state index contributed by atoms with van der Waals surface area (Å²) in [7, 11) is 0. The summed E-state index contributed by atoms with van der Waals surface area (Å²) in [6.45, 7) is 15.9. The average Bonchev–Trinajstić information content (AvgIpc) is 3.40. The standard InChI is InChI=1S/C78H61N3O2/c1-46(2)48-24-32-57(33-25-48)79(69-18-12-16-63-61-14-8-10-20-73(61)82-76(63)69)59-36-28-51-40-65-67-42-55(50-22-30-56(31-23-50)78(5,6)7)43-68-66-41-52-29-37-60(39-54(52)45-72(66)81(75(67)68)71(65)44-53(51)38-59)80(58-34-26-49(27-35-58)47(3)4)70-19-13-17-64-62-15-9-11-21-74(62)83-77(64)70/h8-47H,1-7H3. The summed E-state index contributed by atoms with van der Waals surface area (Å²) >= 11 is 0. The molecule has 5 heteroatoms. The van der Waals surface area contributed by atoms with Gasteiger partial charge in [0.1, 0.15) is 11.2 Å². The topological polar surface area (TPSA) is 37.2 Å². The molecule has 0 aliphatic rings. The maximum Gasteiger partial charge on any atom is 0.159 e. The van der Waals surface area contributed by atoms with E-state index >= 15 is 0 Å². The molecule has 4 heterocycles. The molecule has 0 spiro atoms. The first kappa shape index (κ1) is 49.0. The van der Waals surface area contributed by atoms with Gasteiger partial charge in [0.15, 0.2) is 11.2 Å². The van der Waals surface area contributed by atoms with Crippen molar-refractivity contribution in [2.75, 3.05) is 9.80 Å². The number of nitrogens with zero attached hydrogens (tertiary/aromatic N) is 3. The van der Waals surface area contributed by atoms with Crippen LogP contribution in [-0.4, -0.2) is 4.40 Å². The van der Waals surface area contributed by atoms with Crippen LogP contribution in [0.3, 0.4) is 0 Å². The smallest absolute Gasteiger partial charge is 0.159 e. The second-order valence-corrected chi connectivity index (χ2v) is 24.6. The number of fused-ring (bicyclic) bond motifs is 14. The van der Waals surface area contributed by atoms with E-state index in [2.05, 4.69) is 281 Å². The van der Waals surface area contributed by atoms with Crippen LogP contribution < -0.4 is 9.80 Å². The molecular formula is C78H61N3O2. The molecule has 16 aromatic rings. The summed E-state index contributed by atoms with van der Waals surface area (Å²) < 4.78 is 16.1. The van der Waals surface area contributed by atoms with Gasteiger partial charge in [-0.3, -0.25) is 0 Å². The minimum Gasteiger partial charge on any atom is -0.454 e. The molecule has 0 amide bonds. The molecule has 0 unspecified atom stereocenters. The Hall–Kier alpha value is -9.84. The van der Waals surface area contributed by atoms with Gasteiger partial charge < -0.3 is 23.0 Å². The predicted octanol–water partition coefficient (Wildman–Crippen LogP) is 23.1. The fourth-order valence-electron chi connectivity index (χ4n) is 13.3. The minimum absolute atomic E-state index is 0.0527. The highest BCUT2D eigenvalue weighted by molar-refractivity contribution is 6.27. The molecule has 4 aromatic heterocycles. The number of aromatic nitrogens is 1. The molecule has 12 aromatic carbocycles. The lowest BCUT2D eigenvalue weighted by atomic mass is 9.86. The van der Waals surface area contributed by atoms with E-state index < -0.39 is 0 Å². The Balaban J connectivity index is 0.927. The number of para-hydroxylation sites is 4. The first-order valence-corrected chi connectivity index (χ1v) is 29.3. The van der Waals surface area contributed by atoms with Crippen molar-refractivity contribution in [3.63, 3.8) is 0 Å². The Morgan fingerprint density at radius 3 is 1.23 bits per heavy atom. The Labute approximate surface area is 482 Å². The molecule has 0 aliphatic carbocycles. The zero-order chi connectivity index (χ0) is 56.0. The van der Waals surface area contributed by atoms with Gasteiger partial charge in [-0.15, -0.1) is 0 Å². The number of furan rings is 2. The van der Waals surface area contributed by atoms with Gasteiger partial charge in [0, 0.05) is 65.8 Å². The van der Waals surface area contributed by atoms with E-state index in [0.717, 1.165) is 88.8 Å². The van der Waals surface area contributed by atoms with Crippen LogP contribution in [0.5, 0.6) is 0 Å². The van der Waals surface area contributed by atoms with Gasteiger partial charge in [-0.1, -0.05) is 170 Å². The van der Waals surface area contributed by atoms with Gasteiger partial charge in [0.2, 0.25) is 0 Å². The molecule has 0 bridgehead atoms. The molecule has 0 saturated heterocycles. The van der Waals surface area contributed by atoms with Crippen LogP contribution in [0.15, 0.2) is 239 Å². The Morgan fingerprint density at radius 2 is 0.783 bits per heavy atom. The molecule has 5 nitrogen and oxygen atoms in total. The third-order valence-electron chi connectivity index (χ3n) is 17.8. The maximum absolute atomic E-state index is 6.76. The predicted molar refractivity (Wildman–Crippen MR) is 352 cm³/mol. The van der Waals surface area contributed by atoms with Crippen molar-refractivity contribution in [2.24, 2.45) is 0 Å². The normalized spacial score (nSPS) is 12.5. The lowest BCUT2D eigenvalue weighted by molar-refractivity contribution is 0.590. The maximum atomic E-state index is 6.76. The zero-order valence-corrected chi connectivity index (χ0v) is 47.8. The molecule has 400 valence electrons. The molecule has 16 rings (SSSR count). The van der Waals surface area contributed by atoms with Gasteiger partial charge in [0.05, 0.1) is 27.9 Å². The monoisotopic (exact) mass is 1070 g/mol. The van der Waals surface area contributed by atoms with Crippen molar-refractivity contribution in [1.29, 1.82) is 0 Å². The van der Waals surface area contributed by atoms with Crippen LogP contribution in [0.2, 0.25) is 0 Å². The Kier molecular flexibility index (Phi) is 10.8. The molecule has 83 heavy (non-hydrogen) atoms. The molecule has 0 atom stereocenters. The van der Waals surface area contributed by atoms with Gasteiger partial charge in [-0.05, 0) is 176 Å². The first-order valence-electron chi connectivity index (χ1n) is 29.3. The summed E-state index contributed by atoms with van der Waals surface area (Å²) in [4.78, 5) is 4.74. The molecule has 0 aliphatic heterocycles. The number of benzene rings is 12. The summed E-state index contributed by atoms with van der Waals surface area (Å²) in [5, 5.41) is 14.1. The highest BCUT2D eigenvalue weighted by Crippen LogP contribution is 2.49. The highest BCUT2D eigenvalue weighted by atomic mass is 16.3. The summed E-state index contributed by atoms with van der Waals surface area (Å²) in [6, 6.07) is 85.6. The number of rotatable bonds is 9. The van der Waals surface area contributed by atoms with E-state index in [4.69, 9.17) is 8.83 Å². The average molecular weight is 1070 g/mol. The molecule has 0 fully saturated rings. The van der Waals surface area contributed by atoms with Crippen LogP contribution in [0.25, 0.3) is 115 Å². The fraction of sp³-hybridized carbons (Fsp3) is 0.128. The van der Waals surface area contributed by atoms with Crippen LogP contribution in [-0.2, 0) is 5.41 Å². The fourth-order valence-corrected chi connectivity index (χ4v) is 13.3. The van der Waals surface area contributed by atoms with Crippen LogP contribution in [0.1, 0.15) is 77.0 Å². The van der Waals surface area contributed by atoms with Gasteiger partial charge in [-0.25, -0.2) is 0 Å². The largest absolute Gasteiger partial charge is 0.454 e. The first-order chi connectivity index (χ1) is 40.4. The van der Waals surface area contributed by atoms with Crippen molar-refractivity contribution in [3.8, 4) is 11.1 Å². The van der Waals surface area contributed by atoms with Crippen molar-refractivity contribution >= 4 is 138 Å². The van der Waals surface area contributed by atoms with Crippen molar-refractivity contribution < 1.29 is 8.83 Å². The van der Waals surface area contributed by atoms with Gasteiger partial charge >= 0.3 is 0 Å². The van der Waals surface area contributed by atoms with E-state index in [1.165, 1.54) is 76.7 Å². The van der Waals surface area contributed by atoms with E-state index in [-0.39, 0.29) is 5.41 Å². The molecular weight excluding hydrogens is 1010 g/mol. The quantitative estimate of drug-likeness (QED) is 0.144. The lowest BCUT2D eigenvalue weighted by Crippen LogP contribution is -2.10. The van der Waals surface area contributed by atoms with Gasteiger partial charge in [-0.2, -0.15) is 0 Å². The number of hydrogen-bond donors (Lipinski definition) is 0. The van der Waals surface area contributed by atoms with Crippen molar-refractivity contribution in [3.05, 3.63) is 247 Å². The van der Waals surface area contributed by atoms with Crippen molar-refractivity contribution in [2.45, 2.75) is 65.7 Å². The Morgan fingerprint density at radius 1 is 0.349 bits per heavy atom. The van der Waals surface area contributed by atoms with E-state index in [9.17, 15) is 0 Å². The summed E-state index contributed by atoms with van der Waals surface area (Å²) in [5.41, 5.74) is 19.7. The second kappa shape index (κ2) is 18.3. The number of anilines is 6. The third-order valence-corrected chi connectivity index (χ3v) is 17.8. The lowest BCUT2D eigenvalue weighted by Gasteiger charge is -2.26. The molecule has 0 radical (unpaired) electrons. The highest BCUT2D eigenvalue weighted by Gasteiger charge is 2.25. The van der Waals surface area contributed by atoms with Crippen LogP contribution in [0.4, 0.5) is 34.1 Å². The van der Waals surface area contributed by atoms with Gasteiger partial charge in [0.25, 0.3) is 0 Å². The zero-order valence-electron chi connectivity index (χ0n) is 47.8. The number of hydrogen-bond acceptors (Lipinski definition) is 4. The summed E-state index contributed by atoms with van der Waals surface area (Å²) in [5.74, 6) is 0.826. The Bertz CT molecular complexity index is 4950. The third kappa shape index (κ3) is 7.74. The van der Waals surface area contributed by atoms with Crippen LogP contribution in [0, 0.1) is 0 Å². The summed E-state index contributed by atoms with van der Waals surface area (Å²) in [6.07, 6.45) is 0. The minimum atomic E-state index is 0.0527. The van der Waals surface area contributed by atoms with Crippen LogP contribution >= 0.6 is 0 Å². The second-order valence-electron chi connectivity index (χ2n) is 24.6. The van der Waals surface area contributed by atoms with Crippen molar-refractivity contribution in [1.82, 2.24) is 4.40 Å². The van der Waals surface area contributed by atoms with E-state index in [1.807, 2.05) is 12.1 Å². The molecule has 0 N–H and O–H groups in total. The van der Waals surface area contributed by atoms with E-state index in [0.29, 0.717) is 11.8 Å². The SMILES string of the molecule is CC(C)c1ccc(N(c2ccc3cc4c5cc(-c6ccc(C(C)(C)C)cc6)cc6c7cc8ccc(N(c9ccc(C(C)C)cc9)c9cccc%10c9oc9ccccc9%10)cc8cc7n(c4cc3c2)c56)c2cccc3c2oc2ccccc23)cc1. The van der Waals surface area contributed by atoms with E-state index in [1.54, 1.807) is 0 Å².